The molecule has 1 aliphatic heterocycles. The number of sulfonamides is 1. The largest absolute Gasteiger partial charge is 0.377 e. The van der Waals surface area contributed by atoms with Crippen LogP contribution in [-0.2, 0) is 20.6 Å². The molecule has 0 saturated carbocycles. The van der Waals surface area contributed by atoms with Crippen molar-refractivity contribution in [3.8, 4) is 0 Å². The Hall–Kier alpha value is -0.140. The van der Waals surface area contributed by atoms with Crippen LogP contribution in [-0.4, -0.2) is 38.5 Å². The van der Waals surface area contributed by atoms with Crippen molar-refractivity contribution in [2.75, 3.05) is 19.7 Å². The van der Waals surface area contributed by atoms with Crippen LogP contribution in [0.2, 0.25) is 0 Å². The zero-order valence-electron chi connectivity index (χ0n) is 11.5. The predicted molar refractivity (Wildman–Crippen MR) is 81.9 cm³/mol. The van der Waals surface area contributed by atoms with E-state index < -0.39 is 10.0 Å². The Morgan fingerprint density at radius 2 is 2.35 bits per heavy atom. The van der Waals surface area contributed by atoms with E-state index in [9.17, 15) is 8.42 Å². The van der Waals surface area contributed by atoms with Gasteiger partial charge in [0.2, 0.25) is 0 Å². The first-order valence-electron chi connectivity index (χ1n) is 6.83. The molecule has 0 bridgehead atoms. The molecule has 2 heterocycles. The van der Waals surface area contributed by atoms with E-state index in [4.69, 9.17) is 16.3 Å². The average Bonchev–Trinajstić information content (AvgIpc) is 2.95. The van der Waals surface area contributed by atoms with E-state index in [0.717, 1.165) is 24.8 Å². The van der Waals surface area contributed by atoms with Crippen LogP contribution >= 0.6 is 22.9 Å². The predicted octanol–water partition coefficient (Wildman–Crippen LogP) is 3.07. The quantitative estimate of drug-likeness (QED) is 0.749. The lowest BCUT2D eigenvalue weighted by molar-refractivity contribution is 0.0194. The smallest absolute Gasteiger partial charge is 0.252 e. The molecule has 2 rings (SSSR count). The highest BCUT2D eigenvalue weighted by Gasteiger charge is 2.31. The highest BCUT2D eigenvalue weighted by Crippen LogP contribution is 2.27. The molecule has 0 radical (unpaired) electrons. The number of hydrogen-bond donors (Lipinski definition) is 0. The zero-order valence-corrected chi connectivity index (χ0v) is 13.9. The lowest BCUT2D eigenvalue weighted by atomic mass is 10.1. The topological polar surface area (TPSA) is 46.6 Å². The summed E-state index contributed by atoms with van der Waals surface area (Å²) in [5.74, 6) is 0.342. The fraction of sp³-hybridized carbons (Fsp3) is 0.692. The van der Waals surface area contributed by atoms with Gasteiger partial charge in [-0.2, -0.15) is 4.31 Å². The van der Waals surface area contributed by atoms with E-state index in [1.54, 1.807) is 15.8 Å². The molecule has 0 N–H and O–H groups in total. The summed E-state index contributed by atoms with van der Waals surface area (Å²) in [7, 11) is -3.40. The van der Waals surface area contributed by atoms with Crippen LogP contribution < -0.4 is 0 Å². The van der Waals surface area contributed by atoms with Crippen molar-refractivity contribution in [1.29, 1.82) is 0 Å². The number of hydrogen-bond acceptors (Lipinski definition) is 4. The Kier molecular flexibility index (Phi) is 5.86. The second kappa shape index (κ2) is 7.22. The van der Waals surface area contributed by atoms with Crippen LogP contribution in [0, 0.1) is 0 Å². The molecule has 114 valence electrons. The van der Waals surface area contributed by atoms with Crippen molar-refractivity contribution in [1.82, 2.24) is 4.31 Å². The Balaban J connectivity index is 2.08. The lowest BCUT2D eigenvalue weighted by Crippen LogP contribution is -2.43. The Labute approximate surface area is 129 Å². The van der Waals surface area contributed by atoms with Crippen LogP contribution in [0.25, 0.3) is 0 Å². The number of piperidine rings is 1. The molecule has 1 aromatic heterocycles. The number of thiophene rings is 1. The summed E-state index contributed by atoms with van der Waals surface area (Å²) in [6.45, 7) is 3.77. The number of halogens is 1. The van der Waals surface area contributed by atoms with Gasteiger partial charge in [-0.25, -0.2) is 8.42 Å². The molecule has 1 unspecified atom stereocenters. The molecule has 1 atom stereocenters. The molecule has 0 aromatic carbocycles. The summed E-state index contributed by atoms with van der Waals surface area (Å²) in [4.78, 5) is 0. The second-order valence-electron chi connectivity index (χ2n) is 4.91. The summed E-state index contributed by atoms with van der Waals surface area (Å²) in [6.07, 6.45) is 2.75. The highest BCUT2D eigenvalue weighted by molar-refractivity contribution is 7.91. The standard InChI is InChI=1S/C13H20ClNO3S2/c1-2-6-18-12-4-3-5-15(9-12)20(16,17)13-7-11(8-14)10-19-13/h7,10,12H,2-6,8-9H2,1H3. The molecule has 1 aromatic rings. The first-order chi connectivity index (χ1) is 9.57. The van der Waals surface area contributed by atoms with Gasteiger partial charge in [-0.1, -0.05) is 6.92 Å². The minimum atomic E-state index is -3.40. The second-order valence-corrected chi connectivity index (χ2v) is 8.25. The highest BCUT2D eigenvalue weighted by atomic mass is 35.5. The van der Waals surface area contributed by atoms with Gasteiger partial charge >= 0.3 is 0 Å². The molecule has 7 heteroatoms. The van der Waals surface area contributed by atoms with E-state index in [1.165, 1.54) is 11.3 Å². The molecular weight excluding hydrogens is 318 g/mol. The van der Waals surface area contributed by atoms with Gasteiger partial charge in [0.25, 0.3) is 10.0 Å². The third kappa shape index (κ3) is 3.74. The summed E-state index contributed by atoms with van der Waals surface area (Å²) in [5.41, 5.74) is 0.853. The van der Waals surface area contributed by atoms with Crippen LogP contribution in [0.1, 0.15) is 31.7 Å². The molecule has 0 amide bonds. The molecule has 0 aliphatic carbocycles. The number of rotatable bonds is 6. The molecule has 1 fully saturated rings. The fourth-order valence-electron chi connectivity index (χ4n) is 2.23. The molecule has 20 heavy (non-hydrogen) atoms. The lowest BCUT2D eigenvalue weighted by Gasteiger charge is -2.31. The normalized spacial score (nSPS) is 21.2. The van der Waals surface area contributed by atoms with Crippen molar-refractivity contribution in [3.05, 3.63) is 17.0 Å². The first kappa shape index (κ1) is 16.2. The Morgan fingerprint density at radius 3 is 3.00 bits per heavy atom. The van der Waals surface area contributed by atoms with Gasteiger partial charge in [-0.15, -0.1) is 22.9 Å². The monoisotopic (exact) mass is 337 g/mol. The van der Waals surface area contributed by atoms with Gasteiger partial charge in [0.1, 0.15) is 4.21 Å². The average molecular weight is 338 g/mol. The molecule has 4 nitrogen and oxygen atoms in total. The SMILES string of the molecule is CCCOC1CCCN(S(=O)(=O)c2cc(CCl)cs2)C1. The first-order valence-corrected chi connectivity index (χ1v) is 9.68. The van der Waals surface area contributed by atoms with Crippen molar-refractivity contribution in [2.45, 2.75) is 42.4 Å². The fourth-order valence-corrected chi connectivity index (χ4v) is 5.35. The Morgan fingerprint density at radius 1 is 1.55 bits per heavy atom. The maximum atomic E-state index is 12.6. The maximum Gasteiger partial charge on any atom is 0.252 e. The van der Waals surface area contributed by atoms with Gasteiger partial charge in [0, 0.05) is 25.6 Å². The van der Waals surface area contributed by atoms with Gasteiger partial charge < -0.3 is 4.74 Å². The van der Waals surface area contributed by atoms with Gasteiger partial charge in [-0.05, 0) is 36.3 Å². The van der Waals surface area contributed by atoms with E-state index >= 15 is 0 Å². The van der Waals surface area contributed by atoms with Crippen LogP contribution in [0.3, 0.4) is 0 Å². The van der Waals surface area contributed by atoms with Gasteiger partial charge in [-0.3, -0.25) is 0 Å². The third-order valence-electron chi connectivity index (χ3n) is 3.28. The van der Waals surface area contributed by atoms with Crippen LogP contribution in [0.5, 0.6) is 0 Å². The minimum Gasteiger partial charge on any atom is -0.377 e. The summed E-state index contributed by atoms with van der Waals surface area (Å²) in [6, 6.07) is 1.67. The van der Waals surface area contributed by atoms with Crippen molar-refractivity contribution in [3.63, 3.8) is 0 Å². The van der Waals surface area contributed by atoms with E-state index in [0.29, 0.717) is 29.8 Å². The number of ether oxygens (including phenoxy) is 1. The van der Waals surface area contributed by atoms with Crippen LogP contribution in [0.15, 0.2) is 15.7 Å². The van der Waals surface area contributed by atoms with Crippen LogP contribution in [0.4, 0.5) is 0 Å². The van der Waals surface area contributed by atoms with Crippen molar-refractivity contribution < 1.29 is 13.2 Å². The van der Waals surface area contributed by atoms with E-state index in [1.807, 2.05) is 0 Å². The molecular formula is C13H20ClNO3S2. The summed E-state index contributed by atoms with van der Waals surface area (Å²) >= 11 is 6.97. The number of nitrogens with zero attached hydrogens (tertiary/aromatic N) is 1. The van der Waals surface area contributed by atoms with Crippen molar-refractivity contribution in [2.24, 2.45) is 0 Å². The molecule has 0 spiro atoms. The summed E-state index contributed by atoms with van der Waals surface area (Å²) < 4.78 is 32.8. The van der Waals surface area contributed by atoms with Gasteiger partial charge in [0.05, 0.1) is 6.10 Å². The van der Waals surface area contributed by atoms with E-state index in [-0.39, 0.29) is 6.10 Å². The minimum absolute atomic E-state index is 0.0194. The zero-order chi connectivity index (χ0) is 14.6. The van der Waals surface area contributed by atoms with Crippen molar-refractivity contribution >= 4 is 33.0 Å². The van der Waals surface area contributed by atoms with Gasteiger partial charge in [0.15, 0.2) is 0 Å². The summed E-state index contributed by atoms with van der Waals surface area (Å²) in [5, 5.41) is 1.80. The maximum absolute atomic E-state index is 12.6. The number of alkyl halides is 1. The molecule has 1 aliphatic rings. The third-order valence-corrected chi connectivity index (χ3v) is 6.91. The van der Waals surface area contributed by atoms with E-state index in [2.05, 4.69) is 6.92 Å². The molecule has 1 saturated heterocycles. The Bertz CT molecular complexity index is 529.